The molecule has 0 aromatic carbocycles. The van der Waals surface area contributed by atoms with Crippen LogP contribution in [0.3, 0.4) is 0 Å². The molecular weight excluding hydrogens is 598 g/mol. The van der Waals surface area contributed by atoms with Crippen LogP contribution >= 0.6 is 0 Å². The predicted octanol–water partition coefficient (Wildman–Crippen LogP) is 12.9. The summed E-state index contributed by atoms with van der Waals surface area (Å²) in [5.74, 6) is 0.00937. The predicted molar refractivity (Wildman–Crippen MR) is 211 cm³/mol. The summed E-state index contributed by atoms with van der Waals surface area (Å²) in [6, 6.07) is 0. The molecule has 0 aliphatic heterocycles. The summed E-state index contributed by atoms with van der Waals surface area (Å²) in [6.07, 6.45) is 35.7. The second-order valence-electron chi connectivity index (χ2n) is 12.9. The smallest absolute Gasteiger partial charge is 0.306 e. The van der Waals surface area contributed by atoms with Crippen molar-refractivity contribution >= 4 is 12.4 Å². The van der Waals surface area contributed by atoms with E-state index in [4.69, 9.17) is 14.6 Å². The molecule has 0 fully saturated rings. The Bertz CT molecular complexity index is 560. The SMILES string of the molecule is CC.CC.CCCCCCCCCCCCCCCCN(CCO)CCCCCCCCCC(=O)OC(CC)CCCCCC.O=CO. The molecule has 0 radical (unpaired) electrons. The van der Waals surface area contributed by atoms with Crippen molar-refractivity contribution in [3.8, 4) is 0 Å². The van der Waals surface area contributed by atoms with E-state index in [-0.39, 0.29) is 25.2 Å². The molecule has 0 amide bonds. The van der Waals surface area contributed by atoms with Crippen LogP contribution in [0, 0.1) is 0 Å². The van der Waals surface area contributed by atoms with E-state index in [9.17, 15) is 9.90 Å². The summed E-state index contributed by atoms with van der Waals surface area (Å²) in [5, 5.41) is 16.3. The van der Waals surface area contributed by atoms with E-state index >= 15 is 0 Å². The van der Waals surface area contributed by atoms with Gasteiger partial charge < -0.3 is 19.8 Å². The van der Waals surface area contributed by atoms with Gasteiger partial charge in [0.2, 0.25) is 0 Å². The van der Waals surface area contributed by atoms with E-state index < -0.39 is 0 Å². The Morgan fingerprint density at radius 3 is 1.25 bits per heavy atom. The van der Waals surface area contributed by atoms with Gasteiger partial charge in [0.25, 0.3) is 6.47 Å². The van der Waals surface area contributed by atoms with Crippen molar-refractivity contribution in [2.24, 2.45) is 0 Å². The Labute approximate surface area is 302 Å². The Kier molecular flexibility index (Phi) is 58.9. The second-order valence-corrected chi connectivity index (χ2v) is 12.9. The van der Waals surface area contributed by atoms with Crippen molar-refractivity contribution in [2.75, 3.05) is 26.2 Å². The number of nitrogens with zero attached hydrogens (tertiary/aromatic N) is 1. The molecule has 0 heterocycles. The van der Waals surface area contributed by atoms with Gasteiger partial charge in [-0.3, -0.25) is 9.59 Å². The normalized spacial score (nSPS) is 11.0. The summed E-state index contributed by atoms with van der Waals surface area (Å²) in [7, 11) is 0. The molecule has 0 rings (SSSR count). The molecule has 0 aromatic heterocycles. The fraction of sp³-hybridized carbons (Fsp3) is 0.952. The van der Waals surface area contributed by atoms with Crippen LogP contribution in [0.15, 0.2) is 0 Å². The highest BCUT2D eigenvalue weighted by molar-refractivity contribution is 5.69. The lowest BCUT2D eigenvalue weighted by atomic mass is 10.0. The molecule has 292 valence electrons. The van der Waals surface area contributed by atoms with Crippen LogP contribution < -0.4 is 0 Å². The first-order valence-electron chi connectivity index (χ1n) is 21.2. The highest BCUT2D eigenvalue weighted by Crippen LogP contribution is 2.15. The highest BCUT2D eigenvalue weighted by atomic mass is 16.5. The van der Waals surface area contributed by atoms with Crippen molar-refractivity contribution < 1.29 is 24.5 Å². The van der Waals surface area contributed by atoms with E-state index in [1.807, 2.05) is 27.7 Å². The average molecular weight is 688 g/mol. The highest BCUT2D eigenvalue weighted by Gasteiger charge is 2.12. The van der Waals surface area contributed by atoms with Crippen LogP contribution in [0.1, 0.15) is 228 Å². The van der Waals surface area contributed by atoms with E-state index in [0.717, 1.165) is 45.3 Å². The zero-order valence-electron chi connectivity index (χ0n) is 33.8. The second kappa shape index (κ2) is 52.7. The summed E-state index contributed by atoms with van der Waals surface area (Å²) in [6.45, 7) is 17.8. The number of hydrogen-bond donors (Lipinski definition) is 2. The summed E-state index contributed by atoms with van der Waals surface area (Å²) in [5.41, 5.74) is 0. The monoisotopic (exact) mass is 688 g/mol. The minimum Gasteiger partial charge on any atom is -0.483 e. The molecule has 0 bridgehead atoms. The van der Waals surface area contributed by atoms with Crippen molar-refractivity contribution in [3.63, 3.8) is 0 Å². The molecule has 0 spiro atoms. The van der Waals surface area contributed by atoms with Crippen LogP contribution in [-0.2, 0) is 14.3 Å². The topological polar surface area (TPSA) is 87.1 Å². The molecule has 2 N–H and O–H groups in total. The Morgan fingerprint density at radius 1 is 0.562 bits per heavy atom. The lowest BCUT2D eigenvalue weighted by Crippen LogP contribution is -2.29. The average Bonchev–Trinajstić information content (AvgIpc) is 3.11. The fourth-order valence-electron chi connectivity index (χ4n) is 5.89. The van der Waals surface area contributed by atoms with Gasteiger partial charge in [0, 0.05) is 13.0 Å². The standard InChI is InChI=1S/C37H75NO3.2C2H6.CH2O2/c1-4-7-9-11-12-13-14-15-16-17-18-21-24-28-32-38(34-35-39)33-29-25-22-19-20-23-27-31-37(40)41-36(6-3)30-26-10-8-5-2;2*1-2;2-1-3/h36,39H,4-35H2,1-3H3;2*1-2H3;1H,(H,2,3). The molecule has 0 aliphatic carbocycles. The third-order valence-corrected chi connectivity index (χ3v) is 8.73. The Balaban J connectivity index is -0.00000128. The van der Waals surface area contributed by atoms with Gasteiger partial charge in [0.05, 0.1) is 6.61 Å². The van der Waals surface area contributed by atoms with Crippen molar-refractivity contribution in [3.05, 3.63) is 0 Å². The summed E-state index contributed by atoms with van der Waals surface area (Å²) < 4.78 is 5.70. The van der Waals surface area contributed by atoms with Gasteiger partial charge in [-0.1, -0.05) is 183 Å². The van der Waals surface area contributed by atoms with Crippen LogP contribution in [0.5, 0.6) is 0 Å². The maximum absolute atomic E-state index is 12.2. The molecule has 0 saturated carbocycles. The molecule has 1 atom stereocenters. The maximum Gasteiger partial charge on any atom is 0.306 e. The van der Waals surface area contributed by atoms with Gasteiger partial charge in [-0.25, -0.2) is 0 Å². The van der Waals surface area contributed by atoms with Crippen LogP contribution in [0.25, 0.3) is 0 Å². The largest absolute Gasteiger partial charge is 0.483 e. The van der Waals surface area contributed by atoms with E-state index in [1.54, 1.807) is 0 Å². The lowest BCUT2D eigenvalue weighted by Gasteiger charge is -2.21. The molecule has 0 aliphatic rings. The molecule has 48 heavy (non-hydrogen) atoms. The molecule has 6 nitrogen and oxygen atoms in total. The van der Waals surface area contributed by atoms with Gasteiger partial charge in [-0.05, 0) is 51.6 Å². The number of hydrogen-bond acceptors (Lipinski definition) is 5. The number of rotatable bonds is 34. The summed E-state index contributed by atoms with van der Waals surface area (Å²) >= 11 is 0. The lowest BCUT2D eigenvalue weighted by molar-refractivity contribution is -0.149. The van der Waals surface area contributed by atoms with Gasteiger partial charge in [0.1, 0.15) is 6.10 Å². The first-order chi connectivity index (χ1) is 23.6. The fourth-order valence-corrected chi connectivity index (χ4v) is 5.89. The van der Waals surface area contributed by atoms with Gasteiger partial charge in [-0.15, -0.1) is 0 Å². The number of carbonyl (C=O) groups is 2. The van der Waals surface area contributed by atoms with Crippen molar-refractivity contribution in [1.82, 2.24) is 4.90 Å². The van der Waals surface area contributed by atoms with Gasteiger partial charge >= 0.3 is 5.97 Å². The number of esters is 1. The zero-order valence-corrected chi connectivity index (χ0v) is 33.8. The van der Waals surface area contributed by atoms with Crippen molar-refractivity contribution in [2.45, 2.75) is 234 Å². The maximum atomic E-state index is 12.2. The van der Waals surface area contributed by atoms with Crippen LogP contribution in [0.2, 0.25) is 0 Å². The van der Waals surface area contributed by atoms with Gasteiger partial charge in [-0.2, -0.15) is 0 Å². The molecule has 0 aromatic rings. The van der Waals surface area contributed by atoms with E-state index in [2.05, 4.69) is 25.7 Å². The number of unbranched alkanes of at least 4 members (excludes halogenated alkanes) is 22. The number of aliphatic hydroxyl groups is 1. The van der Waals surface area contributed by atoms with Crippen LogP contribution in [-0.4, -0.2) is 59.9 Å². The zero-order chi connectivity index (χ0) is 36.8. The first-order valence-corrected chi connectivity index (χ1v) is 21.2. The summed E-state index contributed by atoms with van der Waals surface area (Å²) in [4.78, 5) is 23.0. The minimum absolute atomic E-state index is 0.00937. The quantitative estimate of drug-likeness (QED) is 0.0398. The third-order valence-electron chi connectivity index (χ3n) is 8.73. The Morgan fingerprint density at radius 2 is 0.896 bits per heavy atom. The number of ether oxygens (including phenoxy) is 1. The number of carbonyl (C=O) groups excluding carboxylic acids is 1. The number of carboxylic acid groups (broad SMARTS) is 1. The first kappa shape index (κ1) is 53.6. The third kappa shape index (κ3) is 49.2. The Hall–Kier alpha value is -1.14. The van der Waals surface area contributed by atoms with Crippen LogP contribution in [0.4, 0.5) is 0 Å². The van der Waals surface area contributed by atoms with E-state index in [0.29, 0.717) is 6.42 Å². The number of aliphatic hydroxyl groups excluding tert-OH is 1. The molecule has 1 unspecified atom stereocenters. The van der Waals surface area contributed by atoms with Gasteiger partial charge in [0.15, 0.2) is 0 Å². The van der Waals surface area contributed by atoms with E-state index in [1.165, 1.54) is 148 Å². The molecular formula is C42H89NO5. The van der Waals surface area contributed by atoms with Crippen molar-refractivity contribution in [1.29, 1.82) is 0 Å². The molecule has 6 heteroatoms. The molecule has 0 saturated heterocycles. The minimum atomic E-state index is -0.250.